The molecule has 0 aromatic heterocycles. The molecule has 0 unspecified atom stereocenters. The van der Waals surface area contributed by atoms with E-state index in [0.717, 1.165) is 22.2 Å². The van der Waals surface area contributed by atoms with Gasteiger partial charge in [0.25, 0.3) is 5.91 Å². The lowest BCUT2D eigenvalue weighted by atomic mass is 10.2. The number of phenols is 1. The number of carbonyl (C=O) groups is 1. The minimum atomic E-state index is -0.549. The molecule has 2 N–H and O–H groups in total. The Hall–Kier alpha value is -2.60. The number of halogens is 1. The van der Waals surface area contributed by atoms with Crippen LogP contribution in [-0.4, -0.2) is 16.2 Å². The van der Waals surface area contributed by atoms with Crippen molar-refractivity contribution in [2.75, 3.05) is 4.90 Å². The first-order valence-corrected chi connectivity index (χ1v) is 7.24. The predicted molar refractivity (Wildman–Crippen MR) is 85.3 cm³/mol. The van der Waals surface area contributed by atoms with Crippen LogP contribution in [0.5, 0.6) is 5.75 Å². The summed E-state index contributed by atoms with van der Waals surface area (Å²) in [5.41, 5.74) is 0.788. The first kappa shape index (κ1) is 14.3. The Morgan fingerprint density at radius 1 is 1.14 bits per heavy atom. The van der Waals surface area contributed by atoms with Gasteiger partial charge in [-0.3, -0.25) is 15.1 Å². The molecule has 2 aromatic carbocycles. The van der Waals surface area contributed by atoms with Gasteiger partial charge in [0.1, 0.15) is 11.6 Å². The summed E-state index contributed by atoms with van der Waals surface area (Å²) in [5, 5.41) is 17.1. The number of benzene rings is 2. The van der Waals surface area contributed by atoms with E-state index in [2.05, 4.69) is 0 Å². The molecule has 6 heteroatoms. The van der Waals surface area contributed by atoms with Crippen molar-refractivity contribution in [3.05, 3.63) is 64.8 Å². The van der Waals surface area contributed by atoms with Crippen LogP contribution >= 0.6 is 11.8 Å². The Morgan fingerprint density at radius 3 is 2.50 bits per heavy atom. The third kappa shape index (κ3) is 2.60. The third-order valence-corrected chi connectivity index (χ3v) is 4.00. The summed E-state index contributed by atoms with van der Waals surface area (Å²) in [4.78, 5) is 13.8. The van der Waals surface area contributed by atoms with Gasteiger partial charge in [-0.25, -0.2) is 4.39 Å². The number of rotatable bonds is 2. The first-order valence-electron chi connectivity index (χ1n) is 6.42. The Morgan fingerprint density at radius 2 is 1.82 bits per heavy atom. The zero-order valence-electron chi connectivity index (χ0n) is 11.3. The lowest BCUT2D eigenvalue weighted by Gasteiger charge is -2.14. The number of hydrogen-bond acceptors (Lipinski definition) is 4. The molecule has 1 saturated heterocycles. The van der Waals surface area contributed by atoms with Gasteiger partial charge in [0.05, 0.1) is 10.6 Å². The molecule has 22 heavy (non-hydrogen) atoms. The Balaban J connectivity index is 1.95. The molecule has 2 aromatic rings. The molecule has 1 fully saturated rings. The van der Waals surface area contributed by atoms with Gasteiger partial charge in [0.2, 0.25) is 0 Å². The first-order chi connectivity index (χ1) is 10.6. The molecule has 1 amide bonds. The molecule has 0 atom stereocenters. The van der Waals surface area contributed by atoms with E-state index in [4.69, 9.17) is 5.41 Å². The number of hydrogen-bond donors (Lipinski definition) is 2. The summed E-state index contributed by atoms with van der Waals surface area (Å²) in [6.45, 7) is 0. The Bertz CT molecular complexity index is 787. The van der Waals surface area contributed by atoms with Gasteiger partial charge in [-0.05, 0) is 47.7 Å². The minimum absolute atomic E-state index is 0.0415. The third-order valence-electron chi connectivity index (χ3n) is 3.11. The highest BCUT2D eigenvalue weighted by molar-refractivity contribution is 8.19. The Kier molecular flexibility index (Phi) is 3.68. The maximum absolute atomic E-state index is 13.8. The van der Waals surface area contributed by atoms with Crippen molar-refractivity contribution in [3.63, 3.8) is 0 Å². The topological polar surface area (TPSA) is 64.4 Å². The second-order valence-corrected chi connectivity index (χ2v) is 5.63. The second-order valence-electron chi connectivity index (χ2n) is 4.60. The van der Waals surface area contributed by atoms with Crippen molar-refractivity contribution >= 4 is 34.6 Å². The van der Waals surface area contributed by atoms with Crippen molar-refractivity contribution in [2.24, 2.45) is 0 Å². The van der Waals surface area contributed by atoms with Gasteiger partial charge >= 0.3 is 0 Å². The summed E-state index contributed by atoms with van der Waals surface area (Å²) in [7, 11) is 0. The van der Waals surface area contributed by atoms with E-state index in [1.54, 1.807) is 24.3 Å². The Labute approximate surface area is 130 Å². The maximum atomic E-state index is 13.8. The number of aromatic hydroxyl groups is 1. The molecule has 0 saturated carbocycles. The summed E-state index contributed by atoms with van der Waals surface area (Å²) in [6, 6.07) is 12.2. The van der Waals surface area contributed by atoms with Crippen LogP contribution in [0.15, 0.2) is 53.4 Å². The van der Waals surface area contributed by atoms with Gasteiger partial charge < -0.3 is 5.11 Å². The minimum Gasteiger partial charge on any atom is -0.508 e. The van der Waals surface area contributed by atoms with Gasteiger partial charge in [-0.15, -0.1) is 0 Å². The number of amides is 1. The van der Waals surface area contributed by atoms with Crippen molar-refractivity contribution in [1.82, 2.24) is 0 Å². The number of anilines is 1. The quantitative estimate of drug-likeness (QED) is 0.833. The van der Waals surface area contributed by atoms with Crippen molar-refractivity contribution in [1.29, 1.82) is 5.41 Å². The number of carbonyl (C=O) groups excluding carboxylic acids is 1. The van der Waals surface area contributed by atoms with Crippen molar-refractivity contribution in [2.45, 2.75) is 0 Å². The highest BCUT2D eigenvalue weighted by atomic mass is 32.2. The van der Waals surface area contributed by atoms with Gasteiger partial charge in [0, 0.05) is 0 Å². The molecular formula is C16H11FN2O2S. The molecule has 3 rings (SSSR count). The fraction of sp³-hybridized carbons (Fsp3) is 0. The van der Waals surface area contributed by atoms with E-state index >= 15 is 0 Å². The number of amidine groups is 1. The van der Waals surface area contributed by atoms with Crippen LogP contribution in [0.2, 0.25) is 0 Å². The molecule has 0 spiro atoms. The molecule has 1 aliphatic rings. The van der Waals surface area contributed by atoms with Crippen LogP contribution in [0.3, 0.4) is 0 Å². The van der Waals surface area contributed by atoms with Crippen LogP contribution in [0.4, 0.5) is 10.1 Å². The van der Waals surface area contributed by atoms with Crippen molar-refractivity contribution in [3.8, 4) is 5.75 Å². The fourth-order valence-electron chi connectivity index (χ4n) is 2.06. The molecule has 0 radical (unpaired) electrons. The average molecular weight is 314 g/mol. The zero-order valence-corrected chi connectivity index (χ0v) is 12.1. The SMILES string of the molecule is N=C1SC(=Cc2ccc(O)cc2)C(=O)N1c1ccccc1F. The van der Waals surface area contributed by atoms with E-state index in [-0.39, 0.29) is 16.6 Å². The summed E-state index contributed by atoms with van der Waals surface area (Å²) in [5.74, 6) is -0.853. The molecule has 4 nitrogen and oxygen atoms in total. The van der Waals surface area contributed by atoms with Crippen LogP contribution in [0.1, 0.15) is 5.56 Å². The van der Waals surface area contributed by atoms with Crippen LogP contribution in [-0.2, 0) is 4.79 Å². The van der Waals surface area contributed by atoms with Crippen LogP contribution in [0.25, 0.3) is 6.08 Å². The van der Waals surface area contributed by atoms with Gasteiger partial charge in [0.15, 0.2) is 5.17 Å². The monoisotopic (exact) mass is 314 g/mol. The molecule has 1 aliphatic heterocycles. The number of thioether (sulfide) groups is 1. The zero-order chi connectivity index (χ0) is 15.7. The lowest BCUT2D eigenvalue weighted by molar-refractivity contribution is -0.113. The van der Waals surface area contributed by atoms with Crippen LogP contribution < -0.4 is 4.90 Å². The van der Waals surface area contributed by atoms with Gasteiger partial charge in [-0.2, -0.15) is 0 Å². The molecule has 1 heterocycles. The number of nitrogens with zero attached hydrogens (tertiary/aromatic N) is 1. The molecule has 0 aliphatic carbocycles. The standard InChI is InChI=1S/C16H11FN2O2S/c17-12-3-1-2-4-13(12)19-15(21)14(22-16(19)18)9-10-5-7-11(20)8-6-10/h1-9,18,20H. The van der Waals surface area contributed by atoms with Gasteiger partial charge in [-0.1, -0.05) is 24.3 Å². The average Bonchev–Trinajstić information content (AvgIpc) is 2.77. The number of para-hydroxylation sites is 1. The highest BCUT2D eigenvalue weighted by Gasteiger charge is 2.34. The maximum Gasteiger partial charge on any atom is 0.271 e. The number of phenolic OH excluding ortho intramolecular Hbond substituents is 1. The fourth-order valence-corrected chi connectivity index (χ4v) is 2.92. The number of nitrogens with one attached hydrogen (secondary N) is 1. The lowest BCUT2D eigenvalue weighted by Crippen LogP contribution is -2.28. The molecule has 0 bridgehead atoms. The summed E-state index contributed by atoms with van der Waals surface area (Å²) >= 11 is 0.976. The van der Waals surface area contributed by atoms with E-state index in [1.807, 2.05) is 0 Å². The smallest absolute Gasteiger partial charge is 0.271 e. The van der Waals surface area contributed by atoms with E-state index in [0.29, 0.717) is 4.91 Å². The van der Waals surface area contributed by atoms with Crippen molar-refractivity contribution < 1.29 is 14.3 Å². The second kappa shape index (κ2) is 5.65. The normalized spacial score (nSPS) is 16.6. The van der Waals surface area contributed by atoms with E-state index in [9.17, 15) is 14.3 Å². The summed E-state index contributed by atoms with van der Waals surface area (Å²) < 4.78 is 13.8. The molecular weight excluding hydrogens is 303 g/mol. The largest absolute Gasteiger partial charge is 0.508 e. The highest BCUT2D eigenvalue weighted by Crippen LogP contribution is 2.36. The summed E-state index contributed by atoms with van der Waals surface area (Å²) in [6.07, 6.45) is 1.61. The predicted octanol–water partition coefficient (Wildman–Crippen LogP) is 3.59. The molecule has 110 valence electrons. The van der Waals surface area contributed by atoms with E-state index < -0.39 is 11.7 Å². The van der Waals surface area contributed by atoms with Crippen LogP contribution in [0, 0.1) is 11.2 Å². The van der Waals surface area contributed by atoms with E-state index in [1.165, 1.54) is 30.3 Å².